The van der Waals surface area contributed by atoms with Crippen LogP contribution in [-0.2, 0) is 21.9 Å². The first-order chi connectivity index (χ1) is 15.3. The molecule has 8 nitrogen and oxygen atoms in total. The maximum atomic E-state index is 13.1. The van der Waals surface area contributed by atoms with Crippen molar-refractivity contribution in [2.45, 2.75) is 18.8 Å². The Kier molecular flexibility index (Phi) is 7.03. The van der Waals surface area contributed by atoms with E-state index in [9.17, 15) is 41.2 Å². The fourth-order valence-electron chi connectivity index (χ4n) is 2.39. The van der Waals surface area contributed by atoms with E-state index < -0.39 is 64.3 Å². The van der Waals surface area contributed by atoms with E-state index in [4.69, 9.17) is 10.4 Å². The predicted octanol–water partition coefficient (Wildman–Crippen LogP) is 4.97. The molecule has 0 heterocycles. The van der Waals surface area contributed by atoms with Crippen LogP contribution in [0.1, 0.15) is 28.7 Å². The molecule has 0 aliphatic carbocycles. The molecular weight excluding hydrogens is 460 g/mol. The van der Waals surface area contributed by atoms with Crippen molar-refractivity contribution < 1.29 is 41.0 Å². The molecule has 1 N–H and O–H groups in total. The number of benzene rings is 2. The average molecular weight is 469 g/mol. The number of rotatable bonds is 5. The van der Waals surface area contributed by atoms with E-state index in [2.05, 4.69) is 10.3 Å². The molecule has 1 amide bonds. The first-order valence-electron chi connectivity index (χ1n) is 8.47. The maximum absolute atomic E-state index is 13.1. The SMILES string of the molecule is N#Cc1ccc(C(F)(F)F)cc1/N=N\N(C(=O)CC(=O)O)c1cc(C(F)(F)F)ccc1C#N. The molecular formula is C19H9F6N5O3. The van der Waals surface area contributed by atoms with Crippen LogP contribution >= 0.6 is 0 Å². The Morgan fingerprint density at radius 1 is 0.909 bits per heavy atom. The number of carbonyl (C=O) groups excluding carboxylic acids is 1. The largest absolute Gasteiger partial charge is 0.481 e. The molecule has 0 fully saturated rings. The Morgan fingerprint density at radius 3 is 1.91 bits per heavy atom. The van der Waals surface area contributed by atoms with Crippen molar-refractivity contribution in [3.63, 3.8) is 0 Å². The topological polar surface area (TPSA) is 130 Å². The molecule has 0 saturated carbocycles. The van der Waals surface area contributed by atoms with Crippen molar-refractivity contribution in [3.05, 3.63) is 58.7 Å². The highest BCUT2D eigenvalue weighted by atomic mass is 19.4. The van der Waals surface area contributed by atoms with Crippen LogP contribution in [0.5, 0.6) is 0 Å². The molecule has 33 heavy (non-hydrogen) atoms. The molecule has 14 heteroatoms. The monoisotopic (exact) mass is 469 g/mol. The predicted molar refractivity (Wildman–Crippen MR) is 96.6 cm³/mol. The van der Waals surface area contributed by atoms with Crippen molar-refractivity contribution in [2.75, 3.05) is 5.01 Å². The molecule has 170 valence electrons. The van der Waals surface area contributed by atoms with Gasteiger partial charge in [0.15, 0.2) is 0 Å². The number of halogens is 6. The van der Waals surface area contributed by atoms with Crippen molar-refractivity contribution in [1.82, 2.24) is 0 Å². The van der Waals surface area contributed by atoms with E-state index in [0.29, 0.717) is 30.3 Å². The van der Waals surface area contributed by atoms with E-state index in [1.807, 2.05) is 0 Å². The minimum atomic E-state index is -4.92. The van der Waals surface area contributed by atoms with Crippen LogP contribution in [0.4, 0.5) is 37.7 Å². The maximum Gasteiger partial charge on any atom is 0.416 e. The summed E-state index contributed by atoms with van der Waals surface area (Å²) in [4.78, 5) is 23.3. The lowest BCUT2D eigenvalue weighted by atomic mass is 10.1. The first kappa shape index (κ1) is 24.8. The highest BCUT2D eigenvalue weighted by molar-refractivity contribution is 6.03. The number of anilines is 1. The van der Waals surface area contributed by atoms with Gasteiger partial charge < -0.3 is 5.11 Å². The zero-order valence-corrected chi connectivity index (χ0v) is 15.9. The van der Waals surface area contributed by atoms with Gasteiger partial charge in [-0.3, -0.25) is 9.59 Å². The highest BCUT2D eigenvalue weighted by Crippen LogP contribution is 2.35. The Morgan fingerprint density at radius 2 is 1.42 bits per heavy atom. The summed E-state index contributed by atoms with van der Waals surface area (Å²) in [7, 11) is 0. The number of alkyl halides is 6. The smallest absolute Gasteiger partial charge is 0.416 e. The molecule has 0 spiro atoms. The fraction of sp³-hybridized carbons (Fsp3) is 0.158. The number of aliphatic carboxylic acids is 1. The quantitative estimate of drug-likeness (QED) is 0.286. The van der Waals surface area contributed by atoms with Gasteiger partial charge in [0.2, 0.25) is 0 Å². The zero-order valence-electron chi connectivity index (χ0n) is 15.9. The van der Waals surface area contributed by atoms with Gasteiger partial charge in [-0.1, -0.05) is 5.22 Å². The minimum absolute atomic E-state index is 0.0450. The second-order valence-electron chi connectivity index (χ2n) is 6.15. The summed E-state index contributed by atoms with van der Waals surface area (Å²) in [6, 6.07) is 6.31. The third-order valence-corrected chi connectivity index (χ3v) is 3.90. The van der Waals surface area contributed by atoms with Gasteiger partial charge in [0, 0.05) is 0 Å². The molecule has 0 aromatic heterocycles. The standard InChI is InChI=1S/C19H9F6N5O3/c20-18(21,22)12-3-1-10(8-26)14(5-12)28-29-30(16(31)7-17(32)33)15-6-13(19(23,24)25)4-2-11(15)9-27/h1-6H,7H2,(H,32,33)/b29-28-. The van der Waals surface area contributed by atoms with Gasteiger partial charge in [0.25, 0.3) is 5.91 Å². The Hall–Kier alpha value is -4.46. The van der Waals surface area contributed by atoms with Crippen LogP contribution in [0, 0.1) is 22.7 Å². The number of hydrogen-bond acceptors (Lipinski definition) is 6. The third kappa shape index (κ3) is 6.04. The number of nitriles is 2. The van der Waals surface area contributed by atoms with Crippen LogP contribution in [0.2, 0.25) is 0 Å². The second kappa shape index (κ2) is 9.35. The number of carboxylic acid groups (broad SMARTS) is 1. The first-order valence-corrected chi connectivity index (χ1v) is 8.47. The lowest BCUT2D eigenvalue weighted by Gasteiger charge is -2.18. The summed E-state index contributed by atoms with van der Waals surface area (Å²) < 4.78 is 78.2. The van der Waals surface area contributed by atoms with E-state index in [1.165, 1.54) is 12.1 Å². The Bertz CT molecular complexity index is 1210. The molecule has 2 aromatic carbocycles. The lowest BCUT2D eigenvalue weighted by Crippen LogP contribution is -2.28. The van der Waals surface area contributed by atoms with Crippen LogP contribution in [0.25, 0.3) is 0 Å². The summed E-state index contributed by atoms with van der Waals surface area (Å²) in [6.07, 6.45) is -11.1. The number of hydrogen-bond donors (Lipinski definition) is 1. The molecule has 0 saturated heterocycles. The summed E-state index contributed by atoms with van der Waals surface area (Å²) in [5.74, 6) is -3.16. The highest BCUT2D eigenvalue weighted by Gasteiger charge is 2.33. The van der Waals surface area contributed by atoms with Crippen molar-refractivity contribution in [2.24, 2.45) is 10.3 Å². The zero-order chi connectivity index (χ0) is 25.0. The van der Waals surface area contributed by atoms with Crippen molar-refractivity contribution in [3.8, 4) is 12.1 Å². The van der Waals surface area contributed by atoms with Gasteiger partial charge in [0.1, 0.15) is 24.2 Å². The Labute approximate surface area is 180 Å². The van der Waals surface area contributed by atoms with Crippen molar-refractivity contribution in [1.29, 1.82) is 10.5 Å². The molecule has 0 aliphatic rings. The number of carbonyl (C=O) groups is 2. The normalized spacial score (nSPS) is 11.6. The summed E-state index contributed by atoms with van der Waals surface area (Å²) in [5.41, 5.74) is -5.04. The van der Waals surface area contributed by atoms with E-state index in [0.717, 1.165) is 6.07 Å². The summed E-state index contributed by atoms with van der Waals surface area (Å²) in [5, 5.41) is 33.8. The molecule has 0 bridgehead atoms. The van der Waals surface area contributed by atoms with Crippen LogP contribution < -0.4 is 5.01 Å². The fourth-order valence-corrected chi connectivity index (χ4v) is 2.39. The van der Waals surface area contributed by atoms with Gasteiger partial charge in [-0.15, -0.1) is 5.11 Å². The molecule has 0 atom stereocenters. The number of carboxylic acids is 1. The molecule has 2 aromatic rings. The Balaban J connectivity index is 2.69. The van der Waals surface area contributed by atoms with Crippen LogP contribution in [0.3, 0.4) is 0 Å². The average Bonchev–Trinajstić information content (AvgIpc) is 2.71. The molecule has 0 unspecified atom stereocenters. The lowest BCUT2D eigenvalue weighted by molar-refractivity contribution is -0.141. The van der Waals surface area contributed by atoms with E-state index in [-0.39, 0.29) is 5.01 Å². The van der Waals surface area contributed by atoms with E-state index in [1.54, 1.807) is 0 Å². The van der Waals surface area contributed by atoms with Gasteiger partial charge >= 0.3 is 18.3 Å². The van der Waals surface area contributed by atoms with Gasteiger partial charge in [0.05, 0.1) is 27.9 Å². The summed E-state index contributed by atoms with van der Waals surface area (Å²) >= 11 is 0. The molecule has 0 aliphatic heterocycles. The third-order valence-electron chi connectivity index (χ3n) is 3.90. The van der Waals surface area contributed by atoms with Gasteiger partial charge in [-0.25, -0.2) is 0 Å². The van der Waals surface area contributed by atoms with Gasteiger partial charge in [-0.2, -0.15) is 41.9 Å². The van der Waals surface area contributed by atoms with Crippen LogP contribution in [0.15, 0.2) is 46.7 Å². The van der Waals surface area contributed by atoms with Crippen LogP contribution in [-0.4, -0.2) is 17.0 Å². The van der Waals surface area contributed by atoms with Crippen molar-refractivity contribution >= 4 is 23.3 Å². The molecule has 2 rings (SSSR count). The van der Waals surface area contributed by atoms with Gasteiger partial charge in [-0.05, 0) is 36.4 Å². The summed E-state index contributed by atoms with van der Waals surface area (Å²) in [6.45, 7) is 0. The van der Waals surface area contributed by atoms with E-state index >= 15 is 0 Å². The minimum Gasteiger partial charge on any atom is -0.481 e. The second-order valence-corrected chi connectivity index (χ2v) is 6.15. The molecule has 0 radical (unpaired) electrons. The number of nitrogens with zero attached hydrogens (tertiary/aromatic N) is 5. The number of amides is 1.